The molecule has 0 aliphatic rings. The minimum atomic E-state index is -2.01. The van der Waals surface area contributed by atoms with E-state index in [4.69, 9.17) is 4.11 Å². The molecule has 2 aromatic rings. The van der Waals surface area contributed by atoms with Gasteiger partial charge in [0.25, 0.3) is 0 Å². The number of aromatic amines is 1. The molecule has 0 saturated heterocycles. The van der Waals surface area contributed by atoms with Gasteiger partial charge < -0.3 is 9.88 Å². The van der Waals surface area contributed by atoms with Crippen LogP contribution in [-0.2, 0) is 6.42 Å². The van der Waals surface area contributed by atoms with Gasteiger partial charge in [0, 0.05) is 27.8 Å². The average Bonchev–Trinajstić information content (AvgIpc) is 2.68. The van der Waals surface area contributed by atoms with Crippen LogP contribution in [0.25, 0.3) is 10.9 Å². The van der Waals surface area contributed by atoms with Crippen LogP contribution in [0.5, 0.6) is 0 Å². The first-order chi connectivity index (χ1) is 7.98. The van der Waals surface area contributed by atoms with E-state index in [9.17, 15) is 0 Å². The quantitative estimate of drug-likeness (QED) is 0.794. The molecule has 2 rings (SSSR count). The van der Waals surface area contributed by atoms with E-state index >= 15 is 0 Å². The Labute approximate surface area is 88.8 Å². The minimum absolute atomic E-state index is 0.526. The van der Waals surface area contributed by atoms with Gasteiger partial charge in [0.15, 0.2) is 0 Å². The van der Waals surface area contributed by atoms with Crippen molar-refractivity contribution < 1.29 is 4.11 Å². The zero-order valence-electron chi connectivity index (χ0n) is 11.2. The lowest BCUT2D eigenvalue weighted by molar-refractivity contribution is 0.414. The number of para-hydroxylation sites is 1. The molecule has 1 N–H and O–H groups in total. The Morgan fingerprint density at radius 2 is 2.29 bits per heavy atom. The van der Waals surface area contributed by atoms with Gasteiger partial charge in [-0.1, -0.05) is 18.2 Å². The maximum atomic E-state index is 7.28. The van der Waals surface area contributed by atoms with Crippen LogP contribution in [0.3, 0.4) is 0 Å². The highest BCUT2D eigenvalue weighted by molar-refractivity contribution is 5.83. The Hall–Kier alpha value is -1.28. The average molecular weight is 194 g/mol. The predicted octanol–water partition coefficient (Wildman–Crippen LogP) is 2.27. The van der Waals surface area contributed by atoms with E-state index in [-0.39, 0.29) is 0 Å². The number of nitrogens with zero attached hydrogens (tertiary/aromatic N) is 1. The zero-order valence-corrected chi connectivity index (χ0v) is 8.25. The van der Waals surface area contributed by atoms with E-state index < -0.39 is 6.98 Å². The van der Waals surface area contributed by atoms with Crippen molar-refractivity contribution in [2.75, 3.05) is 20.6 Å². The van der Waals surface area contributed by atoms with E-state index in [0.29, 0.717) is 6.54 Å². The third-order valence-corrected chi connectivity index (χ3v) is 2.39. The summed E-state index contributed by atoms with van der Waals surface area (Å²) in [5, 5.41) is 1.17. The lowest BCUT2D eigenvalue weighted by Crippen LogP contribution is -2.14. The van der Waals surface area contributed by atoms with Gasteiger partial charge in [0.2, 0.25) is 0 Å². The van der Waals surface area contributed by atoms with Crippen molar-refractivity contribution in [1.29, 1.82) is 0 Å². The van der Waals surface area contributed by atoms with Crippen LogP contribution in [0, 0.1) is 0 Å². The van der Waals surface area contributed by atoms with E-state index in [1.54, 1.807) is 7.05 Å². The van der Waals surface area contributed by atoms with Gasteiger partial charge in [-0.15, -0.1) is 0 Å². The molecule has 0 aliphatic carbocycles. The zero-order chi connectivity index (χ0) is 12.5. The molecule has 2 heteroatoms. The summed E-state index contributed by atoms with van der Waals surface area (Å²) < 4.78 is 21.8. The Bertz CT molecular complexity index is 502. The van der Waals surface area contributed by atoms with Gasteiger partial charge in [-0.25, -0.2) is 0 Å². The van der Waals surface area contributed by atoms with Crippen LogP contribution in [0.1, 0.15) is 9.68 Å². The van der Waals surface area contributed by atoms with Gasteiger partial charge in [-0.3, -0.25) is 0 Å². The van der Waals surface area contributed by atoms with E-state index in [1.807, 2.05) is 24.4 Å². The van der Waals surface area contributed by atoms with Crippen LogP contribution in [-0.4, -0.2) is 30.5 Å². The number of aromatic nitrogens is 1. The van der Waals surface area contributed by atoms with Crippen molar-refractivity contribution in [3.8, 4) is 0 Å². The van der Waals surface area contributed by atoms with Gasteiger partial charge >= 0.3 is 0 Å². The number of fused-ring (bicyclic) bond motifs is 1. The van der Waals surface area contributed by atoms with Crippen LogP contribution in [0.15, 0.2) is 30.5 Å². The molecule has 74 valence electrons. The van der Waals surface area contributed by atoms with E-state index in [2.05, 4.69) is 11.1 Å². The van der Waals surface area contributed by atoms with Gasteiger partial charge in [0.05, 0.1) is 0 Å². The second-order valence-electron chi connectivity index (χ2n) is 3.53. The van der Waals surface area contributed by atoms with Gasteiger partial charge in [-0.2, -0.15) is 0 Å². The van der Waals surface area contributed by atoms with Crippen molar-refractivity contribution in [1.82, 2.24) is 9.88 Å². The van der Waals surface area contributed by atoms with Crippen molar-refractivity contribution >= 4 is 10.9 Å². The molecule has 0 atom stereocenters. The Morgan fingerprint density at radius 3 is 3.14 bits per heavy atom. The van der Waals surface area contributed by atoms with Crippen LogP contribution >= 0.6 is 0 Å². The molecular weight excluding hydrogens is 172 g/mol. The van der Waals surface area contributed by atoms with E-state index in [0.717, 1.165) is 17.5 Å². The fraction of sp³-hybridized carbons (Fsp3) is 0.333. The molecule has 0 aliphatic heterocycles. The van der Waals surface area contributed by atoms with Crippen molar-refractivity contribution in [2.45, 2.75) is 6.42 Å². The first kappa shape index (κ1) is 6.25. The summed E-state index contributed by atoms with van der Waals surface area (Å²) >= 11 is 0. The summed E-state index contributed by atoms with van der Waals surface area (Å²) in [4.78, 5) is 4.59. The minimum Gasteiger partial charge on any atom is -0.361 e. The maximum absolute atomic E-state index is 7.28. The summed E-state index contributed by atoms with van der Waals surface area (Å²) in [5.41, 5.74) is 2.26. The Kier molecular flexibility index (Phi) is 1.72. The number of rotatable bonds is 3. The SMILES string of the molecule is [3H]C([3H])([3H])N(C)CCc1c[nH]c2ccccc12. The molecule has 1 aromatic heterocycles. The number of hydrogen-bond donors (Lipinski definition) is 1. The molecule has 14 heavy (non-hydrogen) atoms. The standard InChI is InChI=1S/C12H16N2/c1-14(2)8-7-10-9-13-12-6-4-3-5-11(10)12/h3-6,9,13H,7-8H2,1-2H3/i1T3. The second-order valence-corrected chi connectivity index (χ2v) is 3.53. The number of likely N-dealkylation sites (N-methyl/N-ethyl adjacent to an activating group) is 1. The van der Waals surface area contributed by atoms with Gasteiger partial charge in [-0.05, 0) is 32.1 Å². The summed E-state index contributed by atoms with van der Waals surface area (Å²) in [5.74, 6) is 0. The second kappa shape index (κ2) is 3.84. The maximum Gasteiger partial charge on any atom is 0.0456 e. The third kappa shape index (κ3) is 1.80. The number of benzene rings is 1. The molecule has 0 unspecified atom stereocenters. The molecular formula is C12H16N2. The third-order valence-electron chi connectivity index (χ3n) is 2.39. The number of hydrogen-bond acceptors (Lipinski definition) is 1. The van der Waals surface area contributed by atoms with E-state index in [1.165, 1.54) is 10.3 Å². The van der Waals surface area contributed by atoms with Crippen LogP contribution < -0.4 is 0 Å². The fourth-order valence-electron chi connectivity index (χ4n) is 1.63. The monoisotopic (exact) mass is 194 g/mol. The van der Waals surface area contributed by atoms with Gasteiger partial charge in [0.1, 0.15) is 0 Å². The molecule has 0 bridgehead atoms. The van der Waals surface area contributed by atoms with Crippen molar-refractivity contribution in [2.24, 2.45) is 0 Å². The molecule has 1 heterocycles. The molecule has 0 radical (unpaired) electrons. The number of H-pyrrole nitrogens is 1. The van der Waals surface area contributed by atoms with Crippen LogP contribution in [0.2, 0.25) is 0 Å². The Balaban J connectivity index is 2.09. The molecule has 1 aromatic carbocycles. The molecule has 0 spiro atoms. The van der Waals surface area contributed by atoms with Crippen molar-refractivity contribution in [3.05, 3.63) is 36.0 Å². The lowest BCUT2D eigenvalue weighted by Gasteiger charge is -2.07. The summed E-state index contributed by atoms with van der Waals surface area (Å²) in [7, 11) is 1.63. The summed E-state index contributed by atoms with van der Waals surface area (Å²) in [6, 6.07) is 8.05. The predicted molar refractivity (Wildman–Crippen MR) is 60.6 cm³/mol. The highest BCUT2D eigenvalue weighted by Gasteiger charge is 2.02. The first-order valence-electron chi connectivity index (χ1n) is 6.25. The molecule has 2 nitrogen and oxygen atoms in total. The normalized spacial score (nSPS) is 15.4. The smallest absolute Gasteiger partial charge is 0.0456 e. The first-order valence-corrected chi connectivity index (χ1v) is 4.75. The van der Waals surface area contributed by atoms with Crippen molar-refractivity contribution in [3.63, 3.8) is 0 Å². The lowest BCUT2D eigenvalue weighted by atomic mass is 10.1. The fourth-order valence-corrected chi connectivity index (χ4v) is 1.63. The largest absolute Gasteiger partial charge is 0.361 e. The summed E-state index contributed by atoms with van der Waals surface area (Å²) in [6.07, 6.45) is 2.69. The molecule has 0 saturated carbocycles. The highest BCUT2D eigenvalue weighted by Crippen LogP contribution is 2.17. The highest BCUT2D eigenvalue weighted by atomic mass is 15.0. The Morgan fingerprint density at radius 1 is 1.43 bits per heavy atom. The molecule has 0 fully saturated rings. The topological polar surface area (TPSA) is 19.0 Å². The molecule has 0 amide bonds. The van der Waals surface area contributed by atoms with Crippen LogP contribution in [0.4, 0.5) is 0 Å². The number of nitrogens with one attached hydrogen (secondary N) is 1. The summed E-state index contributed by atoms with van der Waals surface area (Å²) in [6.45, 7) is -1.48.